The highest BCUT2D eigenvalue weighted by Gasteiger charge is 2.31. The van der Waals surface area contributed by atoms with E-state index in [-0.39, 0.29) is 11.3 Å². The third kappa shape index (κ3) is 3.49. The van der Waals surface area contributed by atoms with Crippen molar-refractivity contribution < 1.29 is 18.0 Å². The molecule has 0 radical (unpaired) electrons. The lowest BCUT2D eigenvalue weighted by molar-refractivity contribution is -0.137. The molecule has 6 nitrogen and oxygen atoms in total. The maximum atomic E-state index is 12.8. The van der Waals surface area contributed by atoms with Crippen LogP contribution in [0.25, 0.3) is 11.2 Å². The summed E-state index contributed by atoms with van der Waals surface area (Å²) in [5, 5.41) is 2.42. The Balaban J connectivity index is 1.56. The molecule has 0 saturated heterocycles. The quantitative estimate of drug-likeness (QED) is 0.744. The first kappa shape index (κ1) is 17.4. The number of halogens is 3. The van der Waals surface area contributed by atoms with Crippen molar-refractivity contribution in [2.45, 2.75) is 37.9 Å². The van der Waals surface area contributed by atoms with Crippen molar-refractivity contribution in [1.29, 1.82) is 0 Å². The maximum Gasteiger partial charge on any atom is 0.417 e. The number of alkyl halides is 3. The van der Waals surface area contributed by atoms with Gasteiger partial charge in [0.05, 0.1) is 29.3 Å². The summed E-state index contributed by atoms with van der Waals surface area (Å²) >= 11 is 0. The summed E-state index contributed by atoms with van der Waals surface area (Å²) in [6.45, 7) is 0. The lowest BCUT2D eigenvalue weighted by atomic mass is 10.2. The summed E-state index contributed by atoms with van der Waals surface area (Å²) < 4.78 is 40.3. The molecule has 4 rings (SSSR count). The van der Waals surface area contributed by atoms with E-state index < -0.39 is 17.6 Å². The van der Waals surface area contributed by atoms with Gasteiger partial charge in [-0.3, -0.25) is 9.78 Å². The summed E-state index contributed by atoms with van der Waals surface area (Å²) in [6, 6.07) is 2.80. The highest BCUT2D eigenvalue weighted by atomic mass is 19.4. The van der Waals surface area contributed by atoms with Crippen molar-refractivity contribution in [3.8, 4) is 0 Å². The van der Waals surface area contributed by atoms with Gasteiger partial charge in [-0.25, -0.2) is 9.97 Å². The van der Waals surface area contributed by atoms with Crippen molar-refractivity contribution in [1.82, 2.24) is 19.5 Å². The van der Waals surface area contributed by atoms with E-state index in [0.29, 0.717) is 23.4 Å². The fraction of sp³-hybridized carbons (Fsp3) is 0.333. The molecule has 1 aliphatic carbocycles. The molecule has 1 N–H and O–H groups in total. The van der Waals surface area contributed by atoms with Crippen LogP contribution in [0.5, 0.6) is 0 Å². The van der Waals surface area contributed by atoms with Crippen molar-refractivity contribution in [2.24, 2.45) is 0 Å². The van der Waals surface area contributed by atoms with Gasteiger partial charge in [-0.1, -0.05) is 12.8 Å². The minimum absolute atomic E-state index is 0.0357. The van der Waals surface area contributed by atoms with Gasteiger partial charge in [0.2, 0.25) is 0 Å². The number of carbonyl (C=O) groups excluding carboxylic acids is 1. The van der Waals surface area contributed by atoms with Crippen LogP contribution in [0, 0.1) is 0 Å². The first-order chi connectivity index (χ1) is 12.9. The van der Waals surface area contributed by atoms with E-state index in [1.54, 1.807) is 12.4 Å². The number of fused-ring (bicyclic) bond motifs is 1. The molecule has 27 heavy (non-hydrogen) atoms. The monoisotopic (exact) mass is 375 g/mol. The van der Waals surface area contributed by atoms with Crippen LogP contribution >= 0.6 is 0 Å². The van der Waals surface area contributed by atoms with Gasteiger partial charge in [0.25, 0.3) is 5.91 Å². The Kier molecular flexibility index (Phi) is 4.29. The molecular formula is C18H16F3N5O. The van der Waals surface area contributed by atoms with Crippen molar-refractivity contribution in [3.63, 3.8) is 0 Å². The van der Waals surface area contributed by atoms with Crippen LogP contribution in [0.4, 0.5) is 18.9 Å². The molecule has 3 aromatic heterocycles. The fourth-order valence-electron chi connectivity index (χ4n) is 3.36. The molecule has 1 amide bonds. The predicted octanol–water partition coefficient (Wildman–Crippen LogP) is 4.21. The number of amides is 1. The second-order valence-electron chi connectivity index (χ2n) is 6.57. The van der Waals surface area contributed by atoms with Crippen LogP contribution in [-0.2, 0) is 6.18 Å². The summed E-state index contributed by atoms with van der Waals surface area (Å²) in [5.41, 5.74) is 0.545. The Bertz CT molecular complexity index is 992. The second kappa shape index (κ2) is 6.64. The number of imidazole rings is 1. The summed E-state index contributed by atoms with van der Waals surface area (Å²) in [4.78, 5) is 24.6. The molecule has 0 aromatic carbocycles. The van der Waals surface area contributed by atoms with E-state index in [4.69, 9.17) is 0 Å². The number of nitrogens with one attached hydrogen (secondary N) is 1. The molecule has 3 heterocycles. The molecule has 9 heteroatoms. The Labute approximate surface area is 152 Å². The van der Waals surface area contributed by atoms with Crippen molar-refractivity contribution >= 4 is 22.8 Å². The molecule has 1 aliphatic rings. The molecule has 140 valence electrons. The van der Waals surface area contributed by atoms with Crippen LogP contribution in [-0.4, -0.2) is 25.4 Å². The van der Waals surface area contributed by atoms with Gasteiger partial charge in [0.15, 0.2) is 5.65 Å². The number of nitrogens with zero attached hydrogens (tertiary/aromatic N) is 4. The van der Waals surface area contributed by atoms with Gasteiger partial charge in [0, 0.05) is 18.4 Å². The number of pyridine rings is 2. The number of anilines is 1. The number of aromatic nitrogens is 4. The van der Waals surface area contributed by atoms with Crippen molar-refractivity contribution in [3.05, 3.63) is 48.2 Å². The Hall–Kier alpha value is -2.97. The van der Waals surface area contributed by atoms with Crippen LogP contribution in [0.2, 0.25) is 0 Å². The molecular weight excluding hydrogens is 359 g/mol. The summed E-state index contributed by atoms with van der Waals surface area (Å²) in [7, 11) is 0. The summed E-state index contributed by atoms with van der Waals surface area (Å²) in [6.07, 6.45) is 4.99. The van der Waals surface area contributed by atoms with E-state index in [1.165, 1.54) is 19.0 Å². The first-order valence-corrected chi connectivity index (χ1v) is 8.58. The Morgan fingerprint density at radius 1 is 1.11 bits per heavy atom. The van der Waals surface area contributed by atoms with Crippen LogP contribution in [0.3, 0.4) is 0 Å². The average molecular weight is 375 g/mol. The van der Waals surface area contributed by atoms with E-state index in [2.05, 4.69) is 20.3 Å². The second-order valence-corrected chi connectivity index (χ2v) is 6.57. The Morgan fingerprint density at radius 3 is 2.63 bits per heavy atom. The van der Waals surface area contributed by atoms with E-state index in [0.717, 1.165) is 25.1 Å². The molecule has 0 aliphatic heterocycles. The van der Waals surface area contributed by atoms with E-state index in [9.17, 15) is 18.0 Å². The topological polar surface area (TPSA) is 72.7 Å². The van der Waals surface area contributed by atoms with Gasteiger partial charge < -0.3 is 9.88 Å². The lowest BCUT2D eigenvalue weighted by Crippen LogP contribution is -2.14. The van der Waals surface area contributed by atoms with Gasteiger partial charge in [-0.05, 0) is 25.0 Å². The van der Waals surface area contributed by atoms with Gasteiger partial charge in [-0.15, -0.1) is 0 Å². The molecule has 0 unspecified atom stereocenters. The zero-order valence-corrected chi connectivity index (χ0v) is 14.2. The molecule has 0 bridgehead atoms. The molecule has 0 atom stereocenters. The summed E-state index contributed by atoms with van der Waals surface area (Å²) in [5.74, 6) is -0.569. The first-order valence-electron chi connectivity index (χ1n) is 8.58. The zero-order chi connectivity index (χ0) is 19.0. The minimum atomic E-state index is -4.53. The van der Waals surface area contributed by atoms with Gasteiger partial charge in [-0.2, -0.15) is 13.2 Å². The average Bonchev–Trinajstić information content (AvgIpc) is 3.30. The third-order valence-electron chi connectivity index (χ3n) is 4.72. The number of hydrogen-bond donors (Lipinski definition) is 1. The predicted molar refractivity (Wildman–Crippen MR) is 92.2 cm³/mol. The standard InChI is InChI=1S/C18H16F3N5O/c19-18(20,21)12-6-13(9-22-8-12)25-17(27)11-5-15-16(23-7-11)26(10-24-15)14-3-1-2-4-14/h5-10,14H,1-4H2,(H,25,27). The number of hydrogen-bond acceptors (Lipinski definition) is 4. The fourth-order valence-corrected chi connectivity index (χ4v) is 3.36. The molecule has 1 fully saturated rings. The van der Waals surface area contributed by atoms with Gasteiger partial charge >= 0.3 is 6.18 Å². The third-order valence-corrected chi connectivity index (χ3v) is 4.72. The van der Waals surface area contributed by atoms with E-state index in [1.807, 2.05) is 4.57 Å². The van der Waals surface area contributed by atoms with Crippen molar-refractivity contribution in [2.75, 3.05) is 5.32 Å². The normalized spacial score (nSPS) is 15.4. The smallest absolute Gasteiger partial charge is 0.321 e. The zero-order valence-electron chi connectivity index (χ0n) is 14.2. The lowest BCUT2D eigenvalue weighted by Gasteiger charge is -2.11. The number of rotatable bonds is 3. The highest BCUT2D eigenvalue weighted by molar-refractivity contribution is 6.05. The van der Waals surface area contributed by atoms with Crippen LogP contribution in [0.1, 0.15) is 47.6 Å². The molecule has 0 spiro atoms. The minimum Gasteiger partial charge on any atom is -0.321 e. The maximum absolute atomic E-state index is 12.8. The number of carbonyl (C=O) groups is 1. The molecule has 1 saturated carbocycles. The highest BCUT2D eigenvalue weighted by Crippen LogP contribution is 2.32. The van der Waals surface area contributed by atoms with E-state index >= 15 is 0 Å². The van der Waals surface area contributed by atoms with Gasteiger partial charge in [0.1, 0.15) is 5.52 Å². The SMILES string of the molecule is O=C(Nc1cncc(C(F)(F)F)c1)c1cnc2c(c1)ncn2C1CCCC1. The van der Waals surface area contributed by atoms with Crippen LogP contribution < -0.4 is 5.32 Å². The Morgan fingerprint density at radius 2 is 1.89 bits per heavy atom. The largest absolute Gasteiger partial charge is 0.417 e. The van der Waals surface area contributed by atoms with Crippen LogP contribution in [0.15, 0.2) is 37.1 Å². The molecule has 3 aromatic rings.